The maximum absolute atomic E-state index is 11.8. The Morgan fingerprint density at radius 1 is 1.56 bits per heavy atom. The Balaban J connectivity index is 2.27. The summed E-state index contributed by atoms with van der Waals surface area (Å²) in [5, 5.41) is 22.2. The number of amides is 1. The van der Waals surface area contributed by atoms with Crippen LogP contribution in [0.4, 0.5) is 11.4 Å². The van der Waals surface area contributed by atoms with Crippen molar-refractivity contribution in [2.75, 3.05) is 5.32 Å². The summed E-state index contributed by atoms with van der Waals surface area (Å²) in [6.45, 7) is 1.73. The number of nitro benzene ring substituents is 1. The third-order valence-corrected chi connectivity index (χ3v) is 3.00. The molecule has 0 radical (unpaired) electrons. The van der Waals surface area contributed by atoms with Gasteiger partial charge in [0.1, 0.15) is 11.1 Å². The molecule has 1 aromatic rings. The van der Waals surface area contributed by atoms with Crippen LogP contribution in [0.1, 0.15) is 18.4 Å². The minimum absolute atomic E-state index is 0.136. The van der Waals surface area contributed by atoms with Gasteiger partial charge in [0.25, 0.3) is 5.69 Å². The molecule has 6 nitrogen and oxygen atoms in total. The number of anilines is 1. The van der Waals surface area contributed by atoms with Gasteiger partial charge in [-0.1, -0.05) is 6.07 Å². The van der Waals surface area contributed by atoms with E-state index in [2.05, 4.69) is 5.32 Å². The van der Waals surface area contributed by atoms with Gasteiger partial charge in [0.05, 0.1) is 11.0 Å². The topological polar surface area (TPSA) is 96.0 Å². The van der Waals surface area contributed by atoms with E-state index in [1.807, 2.05) is 6.07 Å². The minimum Gasteiger partial charge on any atom is -0.319 e. The monoisotopic (exact) mass is 245 g/mol. The van der Waals surface area contributed by atoms with E-state index in [-0.39, 0.29) is 11.4 Å². The van der Waals surface area contributed by atoms with Gasteiger partial charge in [0.2, 0.25) is 5.91 Å². The normalized spacial score (nSPS) is 15.6. The van der Waals surface area contributed by atoms with E-state index >= 15 is 0 Å². The smallest absolute Gasteiger partial charge is 0.293 e. The van der Waals surface area contributed by atoms with Crippen LogP contribution in [-0.4, -0.2) is 10.8 Å². The van der Waals surface area contributed by atoms with Gasteiger partial charge in [0.15, 0.2) is 0 Å². The van der Waals surface area contributed by atoms with Crippen LogP contribution in [0.2, 0.25) is 0 Å². The molecule has 0 bridgehead atoms. The van der Waals surface area contributed by atoms with Crippen molar-refractivity contribution in [3.63, 3.8) is 0 Å². The van der Waals surface area contributed by atoms with Crippen LogP contribution in [0.15, 0.2) is 18.2 Å². The second-order valence-corrected chi connectivity index (χ2v) is 4.43. The molecular weight excluding hydrogens is 234 g/mol. The highest BCUT2D eigenvalue weighted by molar-refractivity contribution is 6.00. The highest BCUT2D eigenvalue weighted by Gasteiger charge is 2.51. The number of aryl methyl sites for hydroxylation is 1. The third kappa shape index (κ3) is 2.02. The van der Waals surface area contributed by atoms with Crippen LogP contribution in [0.3, 0.4) is 0 Å². The molecule has 1 aliphatic rings. The minimum atomic E-state index is -0.987. The summed E-state index contributed by atoms with van der Waals surface area (Å²) >= 11 is 0. The molecular formula is C12H11N3O3. The van der Waals surface area contributed by atoms with E-state index in [0.29, 0.717) is 12.8 Å². The molecule has 0 spiro atoms. The molecule has 0 atom stereocenters. The Morgan fingerprint density at radius 2 is 2.22 bits per heavy atom. The summed E-state index contributed by atoms with van der Waals surface area (Å²) in [6.07, 6.45) is 1.02. The number of rotatable bonds is 3. The molecule has 2 rings (SSSR count). The van der Waals surface area contributed by atoms with Crippen LogP contribution in [0.5, 0.6) is 0 Å². The molecule has 1 aliphatic carbocycles. The van der Waals surface area contributed by atoms with Crippen LogP contribution in [0, 0.1) is 33.8 Å². The van der Waals surface area contributed by atoms with Gasteiger partial charge >= 0.3 is 0 Å². The number of benzene rings is 1. The molecule has 92 valence electrons. The number of nitriles is 1. The van der Waals surface area contributed by atoms with Gasteiger partial charge in [-0.2, -0.15) is 5.26 Å². The van der Waals surface area contributed by atoms with Crippen molar-refractivity contribution in [2.24, 2.45) is 5.41 Å². The number of carbonyl (C=O) groups is 1. The Hall–Kier alpha value is -2.42. The second-order valence-electron chi connectivity index (χ2n) is 4.43. The molecule has 18 heavy (non-hydrogen) atoms. The Labute approximate surface area is 103 Å². The number of nitrogens with one attached hydrogen (secondary N) is 1. The lowest BCUT2D eigenvalue weighted by Crippen LogP contribution is -2.23. The first-order valence-corrected chi connectivity index (χ1v) is 5.46. The average molecular weight is 245 g/mol. The van der Waals surface area contributed by atoms with E-state index in [1.54, 1.807) is 13.0 Å². The van der Waals surface area contributed by atoms with Gasteiger partial charge in [-0.25, -0.2) is 0 Å². The van der Waals surface area contributed by atoms with E-state index < -0.39 is 16.2 Å². The lowest BCUT2D eigenvalue weighted by molar-refractivity contribution is -0.384. The number of hydrogen-bond donors (Lipinski definition) is 1. The third-order valence-electron chi connectivity index (χ3n) is 3.00. The van der Waals surface area contributed by atoms with Gasteiger partial charge in [-0.05, 0) is 31.4 Å². The van der Waals surface area contributed by atoms with Crippen molar-refractivity contribution in [1.29, 1.82) is 5.26 Å². The molecule has 1 amide bonds. The SMILES string of the molecule is Cc1ccc(NC(=O)C2(C#N)CC2)c([N+](=O)[O-])c1. The van der Waals surface area contributed by atoms with Crippen LogP contribution in [-0.2, 0) is 4.79 Å². The molecule has 1 N–H and O–H groups in total. The van der Waals surface area contributed by atoms with E-state index in [1.165, 1.54) is 12.1 Å². The molecule has 1 aromatic carbocycles. The summed E-state index contributed by atoms with van der Waals surface area (Å²) in [6, 6.07) is 6.50. The molecule has 0 aromatic heterocycles. The number of carbonyl (C=O) groups excluding carboxylic acids is 1. The zero-order valence-electron chi connectivity index (χ0n) is 9.77. The fourth-order valence-corrected chi connectivity index (χ4v) is 1.66. The van der Waals surface area contributed by atoms with Gasteiger partial charge in [-0.3, -0.25) is 14.9 Å². The largest absolute Gasteiger partial charge is 0.319 e. The highest BCUT2D eigenvalue weighted by Crippen LogP contribution is 2.46. The summed E-state index contributed by atoms with van der Waals surface area (Å²) in [5.74, 6) is -0.461. The zero-order valence-corrected chi connectivity index (χ0v) is 9.77. The number of nitrogens with zero attached hydrogens (tertiary/aromatic N) is 2. The first-order valence-electron chi connectivity index (χ1n) is 5.46. The van der Waals surface area contributed by atoms with Gasteiger partial charge in [0, 0.05) is 6.07 Å². The van der Waals surface area contributed by atoms with Crippen molar-refractivity contribution in [2.45, 2.75) is 19.8 Å². The standard InChI is InChI=1S/C12H11N3O3/c1-8-2-3-9(10(6-8)15(17)18)14-11(16)12(7-13)4-5-12/h2-3,6H,4-5H2,1H3,(H,14,16). The summed E-state index contributed by atoms with van der Waals surface area (Å²) in [7, 11) is 0. The molecule has 6 heteroatoms. The molecule has 1 fully saturated rings. The van der Waals surface area contributed by atoms with Crippen molar-refractivity contribution in [1.82, 2.24) is 0 Å². The zero-order chi connectivity index (χ0) is 13.3. The predicted octanol–water partition coefficient (Wildman–Crippen LogP) is 2.15. The molecule has 1 saturated carbocycles. The Kier molecular flexibility index (Phi) is 2.75. The highest BCUT2D eigenvalue weighted by atomic mass is 16.6. The maximum atomic E-state index is 11.8. The number of hydrogen-bond acceptors (Lipinski definition) is 4. The van der Waals surface area contributed by atoms with Crippen molar-refractivity contribution >= 4 is 17.3 Å². The molecule has 0 unspecified atom stereocenters. The van der Waals surface area contributed by atoms with E-state index in [9.17, 15) is 14.9 Å². The number of nitro groups is 1. The average Bonchev–Trinajstić information content (AvgIpc) is 3.12. The summed E-state index contributed by atoms with van der Waals surface area (Å²) in [4.78, 5) is 22.2. The summed E-state index contributed by atoms with van der Waals surface area (Å²) in [5.41, 5.74) is -0.269. The van der Waals surface area contributed by atoms with E-state index in [0.717, 1.165) is 5.56 Å². The fourth-order valence-electron chi connectivity index (χ4n) is 1.66. The Morgan fingerprint density at radius 3 is 2.72 bits per heavy atom. The summed E-state index contributed by atoms with van der Waals surface area (Å²) < 4.78 is 0. The van der Waals surface area contributed by atoms with Crippen LogP contribution < -0.4 is 5.32 Å². The first-order chi connectivity index (χ1) is 8.48. The second kappa shape index (κ2) is 4.11. The quantitative estimate of drug-likeness (QED) is 0.651. The lowest BCUT2D eigenvalue weighted by Gasteiger charge is -2.08. The molecule has 0 heterocycles. The fraction of sp³-hybridized carbons (Fsp3) is 0.333. The van der Waals surface area contributed by atoms with Crippen molar-refractivity contribution in [3.05, 3.63) is 33.9 Å². The van der Waals surface area contributed by atoms with Crippen molar-refractivity contribution < 1.29 is 9.72 Å². The van der Waals surface area contributed by atoms with Crippen molar-refractivity contribution in [3.8, 4) is 6.07 Å². The Bertz CT molecular complexity index is 570. The van der Waals surface area contributed by atoms with Gasteiger partial charge < -0.3 is 5.32 Å². The lowest BCUT2D eigenvalue weighted by atomic mass is 10.1. The maximum Gasteiger partial charge on any atom is 0.293 e. The molecule has 0 aliphatic heterocycles. The predicted molar refractivity (Wildman–Crippen MR) is 63.7 cm³/mol. The van der Waals surface area contributed by atoms with Crippen LogP contribution >= 0.6 is 0 Å². The first kappa shape index (κ1) is 12.0. The van der Waals surface area contributed by atoms with Gasteiger partial charge in [-0.15, -0.1) is 0 Å². The molecule has 0 saturated heterocycles. The van der Waals surface area contributed by atoms with Crippen LogP contribution in [0.25, 0.3) is 0 Å². The van der Waals surface area contributed by atoms with E-state index in [4.69, 9.17) is 5.26 Å².